The highest BCUT2D eigenvalue weighted by atomic mass is 19.1. The second-order valence-corrected chi connectivity index (χ2v) is 10.7. The van der Waals surface area contributed by atoms with Gasteiger partial charge in [0.1, 0.15) is 5.82 Å². The van der Waals surface area contributed by atoms with Crippen molar-refractivity contribution in [2.75, 3.05) is 26.2 Å². The number of H-pyrrole nitrogens is 1. The average molecular weight is 489 g/mol. The van der Waals surface area contributed by atoms with E-state index in [0.29, 0.717) is 23.3 Å². The largest absolute Gasteiger partial charge is 0.352 e. The van der Waals surface area contributed by atoms with Gasteiger partial charge in [-0.2, -0.15) is 5.10 Å². The highest BCUT2D eigenvalue weighted by Crippen LogP contribution is 2.34. The van der Waals surface area contributed by atoms with Crippen molar-refractivity contribution in [3.63, 3.8) is 0 Å². The van der Waals surface area contributed by atoms with Gasteiger partial charge >= 0.3 is 0 Å². The fourth-order valence-electron chi connectivity index (χ4n) is 6.08. The van der Waals surface area contributed by atoms with E-state index in [1.54, 1.807) is 6.08 Å². The summed E-state index contributed by atoms with van der Waals surface area (Å²) in [5, 5.41) is 11.7. The van der Waals surface area contributed by atoms with Crippen LogP contribution in [0.5, 0.6) is 0 Å². The van der Waals surface area contributed by atoms with Gasteiger partial charge < -0.3 is 10.2 Å². The van der Waals surface area contributed by atoms with E-state index < -0.39 is 0 Å². The minimum absolute atomic E-state index is 0.00620. The van der Waals surface area contributed by atoms with Crippen molar-refractivity contribution >= 4 is 22.9 Å². The Kier molecular flexibility index (Phi) is 7.81. The minimum atomic E-state index is -0.240. The Balaban J connectivity index is 1.11. The van der Waals surface area contributed by atoms with E-state index in [0.717, 1.165) is 55.7 Å². The van der Waals surface area contributed by atoms with Crippen molar-refractivity contribution in [1.29, 1.82) is 0 Å². The van der Waals surface area contributed by atoms with Gasteiger partial charge in [-0.3, -0.25) is 9.89 Å². The van der Waals surface area contributed by atoms with Gasteiger partial charge in [-0.15, -0.1) is 0 Å². The van der Waals surface area contributed by atoms with E-state index in [2.05, 4.69) is 39.5 Å². The molecule has 2 fully saturated rings. The van der Waals surface area contributed by atoms with Crippen molar-refractivity contribution in [2.45, 2.75) is 51.4 Å². The third-order valence-corrected chi connectivity index (χ3v) is 8.11. The zero-order valence-corrected chi connectivity index (χ0v) is 21.2. The first kappa shape index (κ1) is 24.7. The van der Waals surface area contributed by atoms with Crippen LogP contribution in [0.4, 0.5) is 4.39 Å². The van der Waals surface area contributed by atoms with Crippen LogP contribution in [0.25, 0.3) is 17.0 Å². The lowest BCUT2D eigenvalue weighted by Gasteiger charge is -2.38. The summed E-state index contributed by atoms with van der Waals surface area (Å²) in [6.07, 6.45) is 10.7. The number of fused-ring (bicyclic) bond motifs is 1. The number of nitrogens with zero attached hydrogens (tertiary/aromatic N) is 2. The Morgan fingerprint density at radius 1 is 1.11 bits per heavy atom. The van der Waals surface area contributed by atoms with Gasteiger partial charge in [-0.1, -0.05) is 42.7 Å². The van der Waals surface area contributed by atoms with Crippen LogP contribution in [0.1, 0.15) is 61.3 Å². The molecule has 5 rings (SSSR count). The molecule has 1 saturated carbocycles. The van der Waals surface area contributed by atoms with Gasteiger partial charge in [0.25, 0.3) is 0 Å². The summed E-state index contributed by atoms with van der Waals surface area (Å²) < 4.78 is 13.5. The second kappa shape index (κ2) is 11.4. The molecule has 1 aliphatic carbocycles. The fraction of sp³-hybridized carbons (Fsp3) is 0.467. The van der Waals surface area contributed by atoms with Crippen LogP contribution in [0.2, 0.25) is 0 Å². The molecule has 1 saturated heterocycles. The maximum atomic E-state index is 13.5. The molecule has 0 spiro atoms. The lowest BCUT2D eigenvalue weighted by molar-refractivity contribution is -0.116. The van der Waals surface area contributed by atoms with E-state index in [1.165, 1.54) is 43.4 Å². The number of likely N-dealkylation sites (tertiary alicyclic amines) is 1. The predicted octanol–water partition coefficient (Wildman–Crippen LogP) is 5.83. The van der Waals surface area contributed by atoms with Crippen LogP contribution in [0, 0.1) is 24.6 Å². The maximum absolute atomic E-state index is 13.5. The Bertz CT molecular complexity index is 1210. The van der Waals surface area contributed by atoms with E-state index in [-0.39, 0.29) is 11.7 Å². The Morgan fingerprint density at radius 3 is 2.72 bits per heavy atom. The van der Waals surface area contributed by atoms with Crippen LogP contribution >= 0.6 is 0 Å². The normalized spacial score (nSPS) is 21.8. The molecule has 1 aliphatic heterocycles. The number of aromatic amines is 1. The molecular weight excluding hydrogens is 451 g/mol. The average Bonchev–Trinajstić information content (AvgIpc) is 3.30. The smallest absolute Gasteiger partial charge is 0.244 e. The van der Waals surface area contributed by atoms with E-state index in [1.807, 2.05) is 24.3 Å². The highest BCUT2D eigenvalue weighted by molar-refractivity contribution is 5.91. The summed E-state index contributed by atoms with van der Waals surface area (Å²) in [7, 11) is 0. The molecule has 0 radical (unpaired) electrons. The number of hydrogen-bond donors (Lipinski definition) is 2. The summed E-state index contributed by atoms with van der Waals surface area (Å²) in [5.74, 6) is 1.37. The first-order valence-electron chi connectivity index (χ1n) is 13.4. The van der Waals surface area contributed by atoms with Gasteiger partial charge in [-0.05, 0) is 81.3 Å². The first-order chi connectivity index (χ1) is 17.5. The second-order valence-electron chi connectivity index (χ2n) is 10.7. The van der Waals surface area contributed by atoms with Crippen molar-refractivity contribution in [3.05, 3.63) is 71.2 Å². The standard InChI is InChI=1S/C30H37FN4O/c1-21-5-4-6-22(17-21)9-12-29(36)32-19-24-7-2-3-8-25(24)20-35-15-13-23(14-16-35)30-27-11-10-26(31)18-28(27)33-34-30/h4-6,9-12,17-18,23-25H,2-3,7-8,13-16,19-20H2,1H3,(H,32,36)(H,33,34)/t24-,25-/m0/s1. The van der Waals surface area contributed by atoms with Crippen molar-refractivity contribution in [3.8, 4) is 0 Å². The SMILES string of the molecule is Cc1cccc(C=CC(=O)NC[C@@H]2CCCC[C@H]2CN2CCC(c3[nH]nc4cc(F)ccc34)CC2)c1. The topological polar surface area (TPSA) is 61.0 Å². The lowest BCUT2D eigenvalue weighted by Crippen LogP contribution is -2.42. The summed E-state index contributed by atoms with van der Waals surface area (Å²) in [5.41, 5.74) is 4.12. The number of nitrogens with one attached hydrogen (secondary N) is 2. The number of piperidine rings is 1. The molecule has 3 aromatic rings. The van der Waals surface area contributed by atoms with Crippen molar-refractivity contribution in [1.82, 2.24) is 20.4 Å². The first-order valence-corrected chi connectivity index (χ1v) is 13.4. The Labute approximate surface area is 213 Å². The summed E-state index contributed by atoms with van der Waals surface area (Å²) >= 11 is 0. The third kappa shape index (κ3) is 6.04. The van der Waals surface area contributed by atoms with Crippen LogP contribution in [0.3, 0.4) is 0 Å². The number of hydrogen-bond acceptors (Lipinski definition) is 3. The Morgan fingerprint density at radius 2 is 1.92 bits per heavy atom. The van der Waals surface area contributed by atoms with Crippen molar-refractivity contribution < 1.29 is 9.18 Å². The monoisotopic (exact) mass is 488 g/mol. The molecule has 2 atom stereocenters. The molecule has 1 amide bonds. The van der Waals surface area contributed by atoms with Crippen LogP contribution in [-0.2, 0) is 4.79 Å². The van der Waals surface area contributed by atoms with Crippen LogP contribution < -0.4 is 5.32 Å². The summed E-state index contributed by atoms with van der Waals surface area (Å²) in [6.45, 7) is 6.07. The van der Waals surface area contributed by atoms with Crippen molar-refractivity contribution in [2.24, 2.45) is 11.8 Å². The van der Waals surface area contributed by atoms with Crippen LogP contribution in [-0.4, -0.2) is 47.2 Å². The van der Waals surface area contributed by atoms with Crippen LogP contribution in [0.15, 0.2) is 48.5 Å². The molecule has 2 heterocycles. The number of benzene rings is 2. The summed E-state index contributed by atoms with van der Waals surface area (Å²) in [4.78, 5) is 15.1. The van der Waals surface area contributed by atoms with Gasteiger partial charge in [0.2, 0.25) is 5.91 Å². The molecule has 0 unspecified atom stereocenters. The number of aromatic nitrogens is 2. The molecule has 0 bridgehead atoms. The highest BCUT2D eigenvalue weighted by Gasteiger charge is 2.30. The fourth-order valence-corrected chi connectivity index (χ4v) is 6.08. The quantitative estimate of drug-likeness (QED) is 0.412. The zero-order valence-electron chi connectivity index (χ0n) is 21.2. The van der Waals surface area contributed by atoms with Gasteiger partial charge in [-0.25, -0.2) is 4.39 Å². The van der Waals surface area contributed by atoms with Gasteiger partial charge in [0.15, 0.2) is 0 Å². The predicted molar refractivity (Wildman–Crippen MR) is 143 cm³/mol. The van der Waals surface area contributed by atoms with Gasteiger partial charge in [0, 0.05) is 42.2 Å². The molecule has 2 aromatic carbocycles. The molecule has 36 heavy (non-hydrogen) atoms. The number of halogens is 1. The molecule has 190 valence electrons. The lowest BCUT2D eigenvalue weighted by atomic mass is 9.78. The third-order valence-electron chi connectivity index (χ3n) is 8.11. The summed E-state index contributed by atoms with van der Waals surface area (Å²) in [6, 6.07) is 13.1. The maximum Gasteiger partial charge on any atom is 0.244 e. The molecule has 2 N–H and O–H groups in total. The number of rotatable bonds is 7. The number of amides is 1. The molecule has 6 heteroatoms. The zero-order chi connectivity index (χ0) is 24.9. The number of carbonyl (C=O) groups is 1. The van der Waals surface area contributed by atoms with Gasteiger partial charge in [0.05, 0.1) is 5.52 Å². The Hall–Kier alpha value is -2.99. The molecular formula is C30H37FN4O. The van der Waals surface area contributed by atoms with E-state index >= 15 is 0 Å². The molecule has 5 nitrogen and oxygen atoms in total. The molecule has 2 aliphatic rings. The number of carbonyl (C=O) groups excluding carboxylic acids is 1. The van der Waals surface area contributed by atoms with E-state index in [9.17, 15) is 9.18 Å². The van der Waals surface area contributed by atoms with E-state index in [4.69, 9.17) is 0 Å². The minimum Gasteiger partial charge on any atom is -0.352 e. The molecule has 1 aromatic heterocycles. The number of aryl methyl sites for hydroxylation is 1.